The Labute approximate surface area is 96.2 Å². The van der Waals surface area contributed by atoms with Crippen LogP contribution in [0.1, 0.15) is 52.9 Å². The topological polar surface area (TPSA) is 29.3 Å². The highest BCUT2D eigenvalue weighted by Crippen LogP contribution is 2.09. The minimum Gasteiger partial charge on any atom is -0.330 e. The Morgan fingerprint density at radius 3 is 2.27 bits per heavy atom. The van der Waals surface area contributed by atoms with E-state index in [1.165, 1.54) is 51.7 Å². The zero-order valence-electron chi connectivity index (χ0n) is 11.0. The Hall–Kier alpha value is -0.0800. The molecule has 0 aromatic heterocycles. The van der Waals surface area contributed by atoms with Crippen molar-refractivity contribution in [1.82, 2.24) is 4.90 Å². The van der Waals surface area contributed by atoms with Gasteiger partial charge in [0, 0.05) is 0 Å². The molecule has 0 aromatic carbocycles. The molecule has 2 heteroatoms. The number of unbranched alkanes of at least 4 members (excludes halogenated alkanes) is 1. The van der Waals surface area contributed by atoms with Gasteiger partial charge in [0.15, 0.2) is 0 Å². The summed E-state index contributed by atoms with van der Waals surface area (Å²) in [7, 11) is 0. The quantitative estimate of drug-likeness (QED) is 0.606. The molecule has 0 saturated heterocycles. The highest BCUT2D eigenvalue weighted by Gasteiger charge is 2.04. The van der Waals surface area contributed by atoms with Crippen molar-refractivity contribution in [1.29, 1.82) is 0 Å². The van der Waals surface area contributed by atoms with Crippen LogP contribution in [-0.2, 0) is 0 Å². The van der Waals surface area contributed by atoms with Gasteiger partial charge in [-0.15, -0.1) is 0 Å². The van der Waals surface area contributed by atoms with Gasteiger partial charge in [-0.3, -0.25) is 0 Å². The van der Waals surface area contributed by atoms with Crippen LogP contribution in [0.2, 0.25) is 0 Å². The largest absolute Gasteiger partial charge is 0.330 e. The van der Waals surface area contributed by atoms with Crippen molar-refractivity contribution >= 4 is 0 Å². The van der Waals surface area contributed by atoms with E-state index in [2.05, 4.69) is 25.7 Å². The molecule has 2 N–H and O–H groups in total. The van der Waals surface area contributed by atoms with E-state index in [-0.39, 0.29) is 0 Å². The van der Waals surface area contributed by atoms with E-state index < -0.39 is 0 Å². The van der Waals surface area contributed by atoms with Crippen molar-refractivity contribution in [3.05, 3.63) is 0 Å². The minimum atomic E-state index is 0.805. The van der Waals surface area contributed by atoms with E-state index in [1.807, 2.05) is 0 Å². The van der Waals surface area contributed by atoms with Gasteiger partial charge in [-0.05, 0) is 57.8 Å². The lowest BCUT2D eigenvalue weighted by Gasteiger charge is -2.20. The van der Waals surface area contributed by atoms with E-state index in [1.54, 1.807) is 0 Å². The number of hydrogen-bond donors (Lipinski definition) is 1. The minimum absolute atomic E-state index is 0.805. The SMILES string of the molecule is CCCCN(CC)CCCC(C)CCN. The Kier molecular flexibility index (Phi) is 10.4. The molecule has 0 aliphatic heterocycles. The summed E-state index contributed by atoms with van der Waals surface area (Å²) in [6, 6.07) is 0. The van der Waals surface area contributed by atoms with Crippen LogP contribution in [0.4, 0.5) is 0 Å². The highest BCUT2D eigenvalue weighted by atomic mass is 15.1. The third-order valence-corrected chi connectivity index (χ3v) is 3.11. The molecule has 0 bridgehead atoms. The highest BCUT2D eigenvalue weighted by molar-refractivity contribution is 4.59. The Morgan fingerprint density at radius 2 is 1.73 bits per heavy atom. The van der Waals surface area contributed by atoms with Crippen LogP contribution in [0.5, 0.6) is 0 Å². The molecule has 0 saturated carbocycles. The molecule has 0 radical (unpaired) electrons. The van der Waals surface area contributed by atoms with Crippen molar-refractivity contribution in [2.45, 2.75) is 52.9 Å². The van der Waals surface area contributed by atoms with Gasteiger partial charge in [0.25, 0.3) is 0 Å². The molecule has 92 valence electrons. The van der Waals surface area contributed by atoms with E-state index in [9.17, 15) is 0 Å². The number of hydrogen-bond acceptors (Lipinski definition) is 2. The van der Waals surface area contributed by atoms with Crippen LogP contribution in [0, 0.1) is 5.92 Å². The van der Waals surface area contributed by atoms with Crippen molar-refractivity contribution in [2.24, 2.45) is 11.7 Å². The van der Waals surface area contributed by atoms with Gasteiger partial charge < -0.3 is 10.6 Å². The van der Waals surface area contributed by atoms with Crippen LogP contribution in [0.3, 0.4) is 0 Å². The summed E-state index contributed by atoms with van der Waals surface area (Å²) in [6.07, 6.45) is 6.49. The smallest absolute Gasteiger partial charge is 0.00188 e. The maximum Gasteiger partial charge on any atom is -0.00188 e. The van der Waals surface area contributed by atoms with Gasteiger partial charge in [0.2, 0.25) is 0 Å². The van der Waals surface area contributed by atoms with Gasteiger partial charge in [-0.25, -0.2) is 0 Å². The van der Waals surface area contributed by atoms with Crippen LogP contribution in [-0.4, -0.2) is 31.1 Å². The van der Waals surface area contributed by atoms with Gasteiger partial charge in [0.1, 0.15) is 0 Å². The maximum absolute atomic E-state index is 5.54. The van der Waals surface area contributed by atoms with Crippen LogP contribution < -0.4 is 5.73 Å². The first-order chi connectivity index (χ1) is 7.24. The Morgan fingerprint density at radius 1 is 1.07 bits per heavy atom. The first kappa shape index (κ1) is 14.9. The number of nitrogens with two attached hydrogens (primary N) is 1. The summed E-state index contributed by atoms with van der Waals surface area (Å²) in [5, 5.41) is 0. The Bertz CT molecular complexity index is 126. The van der Waals surface area contributed by atoms with Gasteiger partial charge in [0.05, 0.1) is 0 Å². The predicted octanol–water partition coefficient (Wildman–Crippen LogP) is 2.87. The van der Waals surface area contributed by atoms with Gasteiger partial charge in [-0.2, -0.15) is 0 Å². The van der Waals surface area contributed by atoms with Crippen molar-refractivity contribution in [3.63, 3.8) is 0 Å². The fourth-order valence-electron chi connectivity index (χ4n) is 1.90. The second-order valence-electron chi connectivity index (χ2n) is 4.61. The summed E-state index contributed by atoms with van der Waals surface area (Å²) in [6.45, 7) is 11.4. The lowest BCUT2D eigenvalue weighted by molar-refractivity contribution is 0.269. The molecule has 0 rings (SSSR count). The Balaban J connectivity index is 3.44. The molecular weight excluding hydrogens is 184 g/mol. The number of rotatable bonds is 10. The summed E-state index contributed by atoms with van der Waals surface area (Å²) >= 11 is 0. The molecule has 15 heavy (non-hydrogen) atoms. The molecular formula is C13H30N2. The van der Waals surface area contributed by atoms with E-state index in [0.29, 0.717) is 0 Å². The summed E-state index contributed by atoms with van der Waals surface area (Å²) in [5.41, 5.74) is 5.54. The normalized spacial score (nSPS) is 13.4. The molecule has 0 aliphatic rings. The third-order valence-electron chi connectivity index (χ3n) is 3.11. The van der Waals surface area contributed by atoms with E-state index in [4.69, 9.17) is 5.73 Å². The first-order valence-corrected chi connectivity index (χ1v) is 6.66. The standard InChI is InChI=1S/C13H30N2/c1-4-6-11-15(5-2)12-7-8-13(3)9-10-14/h13H,4-12,14H2,1-3H3. The van der Waals surface area contributed by atoms with Gasteiger partial charge in [-0.1, -0.05) is 27.2 Å². The molecule has 1 unspecified atom stereocenters. The molecule has 0 fully saturated rings. The van der Waals surface area contributed by atoms with Crippen molar-refractivity contribution in [3.8, 4) is 0 Å². The second kappa shape index (κ2) is 10.4. The maximum atomic E-state index is 5.54. The average molecular weight is 214 g/mol. The third kappa shape index (κ3) is 8.88. The van der Waals surface area contributed by atoms with Crippen molar-refractivity contribution < 1.29 is 0 Å². The lowest BCUT2D eigenvalue weighted by atomic mass is 10.0. The van der Waals surface area contributed by atoms with Crippen LogP contribution in [0.25, 0.3) is 0 Å². The molecule has 0 aliphatic carbocycles. The monoisotopic (exact) mass is 214 g/mol. The summed E-state index contributed by atoms with van der Waals surface area (Å²) in [4.78, 5) is 2.57. The number of nitrogens with zero attached hydrogens (tertiary/aromatic N) is 1. The van der Waals surface area contributed by atoms with Crippen molar-refractivity contribution in [2.75, 3.05) is 26.2 Å². The predicted molar refractivity (Wildman–Crippen MR) is 69.1 cm³/mol. The molecule has 0 aromatic rings. The lowest BCUT2D eigenvalue weighted by Crippen LogP contribution is -2.26. The molecule has 0 spiro atoms. The van der Waals surface area contributed by atoms with Gasteiger partial charge >= 0.3 is 0 Å². The van der Waals surface area contributed by atoms with E-state index in [0.717, 1.165) is 12.5 Å². The molecule has 2 nitrogen and oxygen atoms in total. The van der Waals surface area contributed by atoms with Crippen LogP contribution >= 0.6 is 0 Å². The molecule has 0 amide bonds. The fraction of sp³-hybridized carbons (Fsp3) is 1.00. The first-order valence-electron chi connectivity index (χ1n) is 6.66. The van der Waals surface area contributed by atoms with E-state index >= 15 is 0 Å². The molecule has 0 heterocycles. The zero-order valence-corrected chi connectivity index (χ0v) is 11.0. The molecule has 1 atom stereocenters. The summed E-state index contributed by atoms with van der Waals surface area (Å²) in [5.74, 6) is 0.805. The zero-order chi connectivity index (χ0) is 11.5. The average Bonchev–Trinajstić information content (AvgIpc) is 2.23. The second-order valence-corrected chi connectivity index (χ2v) is 4.61. The summed E-state index contributed by atoms with van der Waals surface area (Å²) < 4.78 is 0. The van der Waals surface area contributed by atoms with Crippen LogP contribution in [0.15, 0.2) is 0 Å². The fourth-order valence-corrected chi connectivity index (χ4v) is 1.90.